The van der Waals surface area contributed by atoms with Crippen molar-refractivity contribution in [2.75, 3.05) is 5.32 Å². The monoisotopic (exact) mass is 377 g/mol. The highest BCUT2D eigenvalue weighted by atomic mass is 35.5. The maximum absolute atomic E-state index is 12.5. The smallest absolute Gasteiger partial charge is 0.251 e. The van der Waals surface area contributed by atoms with Crippen molar-refractivity contribution in [3.8, 4) is 0 Å². The molecule has 2 atom stereocenters. The summed E-state index contributed by atoms with van der Waals surface area (Å²) >= 11 is 0. The first-order valence-corrected chi connectivity index (χ1v) is 9.54. The quantitative estimate of drug-likeness (QED) is 0.738. The van der Waals surface area contributed by atoms with Crippen LogP contribution in [-0.2, 0) is 4.79 Å². The van der Waals surface area contributed by atoms with E-state index in [1.807, 2.05) is 19.1 Å². The Morgan fingerprint density at radius 1 is 1.12 bits per heavy atom. The van der Waals surface area contributed by atoms with E-state index < -0.39 is 0 Å². The number of carbonyl (C=O) groups excluding carboxylic acids is 2. The van der Waals surface area contributed by atoms with Crippen LogP contribution in [0.1, 0.15) is 60.9 Å². The van der Waals surface area contributed by atoms with Gasteiger partial charge in [-0.1, -0.05) is 6.07 Å². The number of rotatable bonds is 5. The van der Waals surface area contributed by atoms with Gasteiger partial charge in [0.2, 0.25) is 5.91 Å². The Balaban J connectivity index is 0.00000196. The first-order valence-electron chi connectivity index (χ1n) is 9.54. The Kier molecular flexibility index (Phi) is 5.88. The number of hydrogen-bond donors (Lipinski definition) is 3. The van der Waals surface area contributed by atoms with Gasteiger partial charge in [-0.25, -0.2) is 0 Å². The van der Waals surface area contributed by atoms with Crippen LogP contribution >= 0.6 is 12.4 Å². The van der Waals surface area contributed by atoms with E-state index in [1.165, 1.54) is 12.8 Å². The van der Waals surface area contributed by atoms with Crippen LogP contribution in [0.25, 0.3) is 0 Å². The molecule has 2 unspecified atom stereocenters. The van der Waals surface area contributed by atoms with E-state index in [4.69, 9.17) is 0 Å². The van der Waals surface area contributed by atoms with Gasteiger partial charge in [0.05, 0.1) is 0 Å². The van der Waals surface area contributed by atoms with E-state index in [0.29, 0.717) is 36.0 Å². The summed E-state index contributed by atoms with van der Waals surface area (Å²) in [5.74, 6) is 0.488. The zero-order valence-corrected chi connectivity index (χ0v) is 16.0. The number of benzene rings is 1. The lowest BCUT2D eigenvalue weighted by molar-refractivity contribution is -0.117. The Bertz CT molecular complexity index is 678. The van der Waals surface area contributed by atoms with Crippen molar-refractivity contribution in [2.45, 2.75) is 70.0 Å². The molecular weight excluding hydrogens is 350 g/mol. The molecule has 3 fully saturated rings. The molecule has 2 bridgehead atoms. The third-order valence-corrected chi connectivity index (χ3v) is 5.73. The molecule has 142 valence electrons. The zero-order valence-electron chi connectivity index (χ0n) is 15.2. The van der Waals surface area contributed by atoms with E-state index in [-0.39, 0.29) is 24.2 Å². The second-order valence-corrected chi connectivity index (χ2v) is 8.01. The second-order valence-electron chi connectivity index (χ2n) is 8.01. The van der Waals surface area contributed by atoms with Crippen molar-refractivity contribution in [3.05, 3.63) is 29.3 Å². The number of aryl methyl sites for hydroxylation is 1. The maximum Gasteiger partial charge on any atom is 0.251 e. The lowest BCUT2D eigenvalue weighted by Crippen LogP contribution is -2.39. The molecule has 2 amide bonds. The topological polar surface area (TPSA) is 70.2 Å². The summed E-state index contributed by atoms with van der Waals surface area (Å²) in [4.78, 5) is 24.7. The van der Waals surface area contributed by atoms with E-state index in [0.717, 1.165) is 36.9 Å². The van der Waals surface area contributed by atoms with Gasteiger partial charge in [-0.2, -0.15) is 0 Å². The minimum Gasteiger partial charge on any atom is -0.349 e. The predicted octanol–water partition coefficient (Wildman–Crippen LogP) is 3.17. The van der Waals surface area contributed by atoms with Crippen molar-refractivity contribution in [3.63, 3.8) is 0 Å². The van der Waals surface area contributed by atoms with E-state index in [1.54, 1.807) is 6.07 Å². The standard InChI is InChI=1S/C20H27N3O2.ClH/c1-12-2-3-14(20(25)22-15-4-5-15)11-18(12)23-19(24)10-13-8-16-6-7-17(9-13)21-16;/h2-3,11,13,15-17,21H,4-10H2,1H3,(H,22,25)(H,23,24);1H. The highest BCUT2D eigenvalue weighted by molar-refractivity contribution is 5.98. The van der Waals surface area contributed by atoms with Crippen molar-refractivity contribution in [1.82, 2.24) is 10.6 Å². The largest absolute Gasteiger partial charge is 0.349 e. The van der Waals surface area contributed by atoms with Crippen LogP contribution in [-0.4, -0.2) is 29.9 Å². The Morgan fingerprint density at radius 3 is 2.46 bits per heavy atom. The number of nitrogens with one attached hydrogen (secondary N) is 3. The Hall–Kier alpha value is -1.59. The molecule has 2 heterocycles. The fourth-order valence-corrected chi connectivity index (χ4v) is 4.20. The third-order valence-electron chi connectivity index (χ3n) is 5.73. The highest BCUT2D eigenvalue weighted by Gasteiger charge is 2.34. The summed E-state index contributed by atoms with van der Waals surface area (Å²) in [6, 6.07) is 7.08. The van der Waals surface area contributed by atoms with Gasteiger partial charge in [0.1, 0.15) is 0 Å². The van der Waals surface area contributed by atoms with Crippen LogP contribution in [0.3, 0.4) is 0 Å². The van der Waals surface area contributed by atoms with Crippen molar-refractivity contribution in [1.29, 1.82) is 0 Å². The molecule has 3 aliphatic rings. The summed E-state index contributed by atoms with van der Waals surface area (Å²) in [6.45, 7) is 1.96. The predicted molar refractivity (Wildman–Crippen MR) is 105 cm³/mol. The lowest BCUT2D eigenvalue weighted by atomic mass is 9.89. The van der Waals surface area contributed by atoms with Crippen LogP contribution in [0, 0.1) is 12.8 Å². The van der Waals surface area contributed by atoms with Gasteiger partial charge >= 0.3 is 0 Å². The van der Waals surface area contributed by atoms with Crippen molar-refractivity contribution >= 4 is 29.9 Å². The molecule has 4 rings (SSSR count). The fourth-order valence-electron chi connectivity index (χ4n) is 4.20. The molecule has 3 N–H and O–H groups in total. The minimum atomic E-state index is -0.0482. The fraction of sp³-hybridized carbons (Fsp3) is 0.600. The van der Waals surface area contributed by atoms with Crippen LogP contribution in [0.2, 0.25) is 0 Å². The summed E-state index contributed by atoms with van der Waals surface area (Å²) in [6.07, 6.45) is 7.42. The van der Waals surface area contributed by atoms with E-state index in [2.05, 4.69) is 16.0 Å². The summed E-state index contributed by atoms with van der Waals surface area (Å²) in [7, 11) is 0. The normalized spacial score (nSPS) is 26.7. The molecular formula is C20H28ClN3O2. The molecule has 0 spiro atoms. The highest BCUT2D eigenvalue weighted by Crippen LogP contribution is 2.33. The molecule has 26 heavy (non-hydrogen) atoms. The SMILES string of the molecule is Cc1ccc(C(=O)NC2CC2)cc1NC(=O)CC1CC2CCC(C1)N2.Cl. The lowest BCUT2D eigenvalue weighted by Gasteiger charge is -2.28. The molecule has 5 nitrogen and oxygen atoms in total. The van der Waals surface area contributed by atoms with Gasteiger partial charge in [0.15, 0.2) is 0 Å². The summed E-state index contributed by atoms with van der Waals surface area (Å²) in [5, 5.41) is 9.64. The number of piperidine rings is 1. The third kappa shape index (κ3) is 4.57. The molecule has 0 radical (unpaired) electrons. The average molecular weight is 378 g/mol. The summed E-state index contributed by atoms with van der Waals surface area (Å²) in [5.41, 5.74) is 2.36. The van der Waals surface area contributed by atoms with Crippen LogP contribution in [0.5, 0.6) is 0 Å². The van der Waals surface area contributed by atoms with E-state index in [9.17, 15) is 9.59 Å². The van der Waals surface area contributed by atoms with Crippen LogP contribution in [0.15, 0.2) is 18.2 Å². The molecule has 1 aromatic carbocycles. The number of halogens is 1. The van der Waals surface area contributed by atoms with Gasteiger partial charge in [-0.15, -0.1) is 12.4 Å². The van der Waals surface area contributed by atoms with E-state index >= 15 is 0 Å². The van der Waals surface area contributed by atoms with Crippen LogP contribution in [0.4, 0.5) is 5.69 Å². The molecule has 2 saturated heterocycles. The number of hydrogen-bond acceptors (Lipinski definition) is 3. The average Bonchev–Trinajstić information content (AvgIpc) is 3.32. The number of carbonyl (C=O) groups is 2. The van der Waals surface area contributed by atoms with Gasteiger partial charge in [-0.05, 0) is 69.1 Å². The maximum atomic E-state index is 12.5. The number of anilines is 1. The first-order chi connectivity index (χ1) is 12.1. The minimum absolute atomic E-state index is 0. The molecule has 1 saturated carbocycles. The molecule has 1 aliphatic carbocycles. The summed E-state index contributed by atoms with van der Waals surface area (Å²) < 4.78 is 0. The van der Waals surface area contributed by atoms with Gasteiger partial charge in [0.25, 0.3) is 5.91 Å². The molecule has 0 aromatic heterocycles. The van der Waals surface area contributed by atoms with Gasteiger partial charge in [-0.3, -0.25) is 9.59 Å². The Morgan fingerprint density at radius 2 is 1.81 bits per heavy atom. The van der Waals surface area contributed by atoms with Crippen molar-refractivity contribution in [2.24, 2.45) is 5.92 Å². The second kappa shape index (κ2) is 7.97. The molecule has 2 aliphatic heterocycles. The first kappa shape index (κ1) is 19.2. The van der Waals surface area contributed by atoms with Gasteiger partial charge in [0, 0.05) is 35.8 Å². The number of amides is 2. The van der Waals surface area contributed by atoms with Crippen LogP contribution < -0.4 is 16.0 Å². The number of fused-ring (bicyclic) bond motifs is 2. The zero-order chi connectivity index (χ0) is 17.4. The molecule has 1 aromatic rings. The Labute approximate surface area is 161 Å². The van der Waals surface area contributed by atoms with Crippen molar-refractivity contribution < 1.29 is 9.59 Å². The van der Waals surface area contributed by atoms with Gasteiger partial charge < -0.3 is 16.0 Å². The molecule has 6 heteroatoms.